The van der Waals surface area contributed by atoms with Crippen molar-refractivity contribution in [2.45, 2.75) is 12.6 Å². The number of rotatable bonds is 5. The summed E-state index contributed by atoms with van der Waals surface area (Å²) in [5.41, 5.74) is 0. The molecule has 0 aliphatic heterocycles. The maximum absolute atomic E-state index is 10.6. The summed E-state index contributed by atoms with van der Waals surface area (Å²) >= 11 is 3.03. The first-order valence-electron chi connectivity index (χ1n) is 4.08. The van der Waals surface area contributed by atoms with E-state index in [0.717, 1.165) is 0 Å². The van der Waals surface area contributed by atoms with Crippen LogP contribution in [0.3, 0.4) is 0 Å². The number of nitro groups is 1. The molecule has 0 saturated heterocycles. The number of imidazole rings is 1. The second-order valence-electron chi connectivity index (χ2n) is 2.88. The smallest absolute Gasteiger partial charge is 0.390 e. The molecular formula is C7H10BrN3O4. The fraction of sp³-hybridized carbons (Fsp3) is 0.571. The van der Waals surface area contributed by atoms with Crippen LogP contribution in [0, 0.1) is 10.1 Å². The predicted molar refractivity (Wildman–Crippen MR) is 54.5 cm³/mol. The highest BCUT2D eigenvalue weighted by atomic mass is 79.9. The molecule has 84 valence electrons. The Morgan fingerprint density at radius 2 is 2.53 bits per heavy atom. The highest BCUT2D eigenvalue weighted by Gasteiger charge is 2.20. The second kappa shape index (κ2) is 5.19. The highest BCUT2D eigenvalue weighted by molar-refractivity contribution is 9.10. The average Bonchev–Trinajstić information content (AvgIpc) is 2.47. The van der Waals surface area contributed by atoms with Gasteiger partial charge in [0.1, 0.15) is 12.3 Å². The Morgan fingerprint density at radius 3 is 3.07 bits per heavy atom. The third-order valence-corrected chi connectivity index (χ3v) is 2.04. The molecule has 0 bridgehead atoms. The molecule has 15 heavy (non-hydrogen) atoms. The fourth-order valence-electron chi connectivity index (χ4n) is 1.13. The van der Waals surface area contributed by atoms with Gasteiger partial charge in [-0.1, -0.05) is 4.98 Å². The number of halogens is 1. The van der Waals surface area contributed by atoms with Gasteiger partial charge in [-0.25, -0.2) is 4.57 Å². The number of methoxy groups -OCH3 is 1. The van der Waals surface area contributed by atoms with E-state index in [2.05, 4.69) is 20.9 Å². The Bertz CT molecular complexity index is 354. The van der Waals surface area contributed by atoms with Gasteiger partial charge >= 0.3 is 5.95 Å². The molecule has 1 aromatic rings. The maximum Gasteiger partial charge on any atom is 0.435 e. The van der Waals surface area contributed by atoms with Crippen LogP contribution in [0.1, 0.15) is 0 Å². The van der Waals surface area contributed by atoms with Crippen molar-refractivity contribution in [3.63, 3.8) is 0 Å². The van der Waals surface area contributed by atoms with Crippen molar-refractivity contribution in [1.29, 1.82) is 0 Å². The number of hydrogen-bond acceptors (Lipinski definition) is 5. The zero-order chi connectivity index (χ0) is 11.4. The first kappa shape index (κ1) is 12.1. The van der Waals surface area contributed by atoms with Crippen LogP contribution in [0.25, 0.3) is 0 Å². The Balaban J connectivity index is 2.79. The van der Waals surface area contributed by atoms with Crippen LogP contribution >= 0.6 is 15.9 Å². The number of ether oxygens (including phenoxy) is 1. The Labute approximate surface area is 94.0 Å². The molecule has 0 aliphatic rings. The molecule has 0 saturated carbocycles. The Kier molecular flexibility index (Phi) is 4.18. The van der Waals surface area contributed by atoms with Gasteiger partial charge in [0, 0.05) is 7.11 Å². The quantitative estimate of drug-likeness (QED) is 0.628. The summed E-state index contributed by atoms with van der Waals surface area (Å²) in [6.07, 6.45) is 0.645. The first-order valence-corrected chi connectivity index (χ1v) is 4.88. The molecule has 0 amide bonds. The third-order valence-electron chi connectivity index (χ3n) is 1.66. The molecule has 8 heteroatoms. The molecule has 0 fully saturated rings. The molecule has 0 aromatic carbocycles. The molecular weight excluding hydrogens is 270 g/mol. The Hall–Kier alpha value is -0.990. The van der Waals surface area contributed by atoms with Gasteiger partial charge in [0.15, 0.2) is 0 Å². The normalized spacial score (nSPS) is 12.7. The SMILES string of the molecule is COC[C@H](O)Cn1cc(Br)nc1[N+](=O)[O-]. The zero-order valence-corrected chi connectivity index (χ0v) is 9.55. The molecule has 1 heterocycles. The van der Waals surface area contributed by atoms with Crippen molar-refractivity contribution in [3.05, 3.63) is 20.9 Å². The van der Waals surface area contributed by atoms with Gasteiger partial charge in [0.05, 0.1) is 13.2 Å². The van der Waals surface area contributed by atoms with E-state index in [1.165, 1.54) is 17.9 Å². The van der Waals surface area contributed by atoms with Gasteiger partial charge in [0.2, 0.25) is 4.60 Å². The van der Waals surface area contributed by atoms with Crippen LogP contribution in [0.5, 0.6) is 0 Å². The molecule has 1 aromatic heterocycles. The summed E-state index contributed by atoms with van der Waals surface area (Å²) in [7, 11) is 1.45. The van der Waals surface area contributed by atoms with E-state index in [4.69, 9.17) is 4.74 Å². The van der Waals surface area contributed by atoms with Gasteiger partial charge in [-0.3, -0.25) is 0 Å². The zero-order valence-electron chi connectivity index (χ0n) is 7.96. The van der Waals surface area contributed by atoms with E-state index >= 15 is 0 Å². The van der Waals surface area contributed by atoms with Crippen molar-refractivity contribution in [2.24, 2.45) is 0 Å². The summed E-state index contributed by atoms with van der Waals surface area (Å²) in [6, 6.07) is 0. The summed E-state index contributed by atoms with van der Waals surface area (Å²) in [5.74, 6) is -0.308. The van der Waals surface area contributed by atoms with Crippen molar-refractivity contribution < 1.29 is 14.8 Å². The number of aliphatic hydroxyl groups is 1. The summed E-state index contributed by atoms with van der Waals surface area (Å²) < 4.78 is 6.34. The highest BCUT2D eigenvalue weighted by Crippen LogP contribution is 2.16. The fourth-order valence-corrected chi connectivity index (χ4v) is 1.53. The number of aliphatic hydroxyl groups excluding tert-OH is 1. The van der Waals surface area contributed by atoms with Crippen molar-refractivity contribution >= 4 is 21.9 Å². The number of hydrogen-bond donors (Lipinski definition) is 1. The molecule has 0 radical (unpaired) electrons. The van der Waals surface area contributed by atoms with Crippen LogP contribution in [0.4, 0.5) is 5.95 Å². The van der Waals surface area contributed by atoms with E-state index in [1.807, 2.05) is 0 Å². The molecule has 1 atom stereocenters. The minimum absolute atomic E-state index is 0.0722. The molecule has 7 nitrogen and oxygen atoms in total. The molecule has 1 rings (SSSR count). The number of nitrogens with zero attached hydrogens (tertiary/aromatic N) is 3. The molecule has 1 N–H and O–H groups in total. The summed E-state index contributed by atoms with van der Waals surface area (Å²) in [4.78, 5) is 13.6. The second-order valence-corrected chi connectivity index (χ2v) is 3.69. The number of aromatic nitrogens is 2. The minimum atomic E-state index is -0.796. The molecule has 0 aliphatic carbocycles. The van der Waals surface area contributed by atoms with Crippen LogP contribution in [-0.2, 0) is 11.3 Å². The van der Waals surface area contributed by atoms with Crippen LogP contribution < -0.4 is 0 Å². The summed E-state index contributed by atoms with van der Waals surface area (Å²) in [6.45, 7) is 0.190. The Morgan fingerprint density at radius 1 is 1.87 bits per heavy atom. The predicted octanol–water partition coefficient (Wildman–Crippen LogP) is 0.561. The topological polar surface area (TPSA) is 90.4 Å². The van der Waals surface area contributed by atoms with E-state index in [0.29, 0.717) is 4.60 Å². The standard InChI is InChI=1S/C7H10BrN3O4/c1-15-4-5(12)2-10-3-6(8)9-7(10)11(13)14/h3,5,12H,2,4H2,1H3/t5-/m1/s1. The summed E-state index contributed by atoms with van der Waals surface area (Å²) in [5, 5.41) is 20.0. The van der Waals surface area contributed by atoms with Crippen molar-refractivity contribution in [3.8, 4) is 0 Å². The minimum Gasteiger partial charge on any atom is -0.390 e. The lowest BCUT2D eigenvalue weighted by molar-refractivity contribution is -0.397. The van der Waals surface area contributed by atoms with Crippen molar-refractivity contribution in [1.82, 2.24) is 9.55 Å². The first-order chi connectivity index (χ1) is 7.04. The lowest BCUT2D eigenvalue weighted by Gasteiger charge is -2.07. The van der Waals surface area contributed by atoms with E-state index < -0.39 is 11.0 Å². The lowest BCUT2D eigenvalue weighted by atomic mass is 10.4. The molecule has 0 unspecified atom stereocenters. The van der Waals surface area contributed by atoms with Gasteiger partial charge in [0.25, 0.3) is 0 Å². The van der Waals surface area contributed by atoms with Crippen LogP contribution in [-0.4, -0.2) is 39.4 Å². The lowest BCUT2D eigenvalue weighted by Crippen LogP contribution is -2.21. The van der Waals surface area contributed by atoms with Gasteiger partial charge in [-0.05, 0) is 20.9 Å². The van der Waals surface area contributed by atoms with E-state index in [1.54, 1.807) is 0 Å². The third kappa shape index (κ3) is 3.26. The maximum atomic E-state index is 10.6. The average molecular weight is 280 g/mol. The van der Waals surface area contributed by atoms with E-state index in [9.17, 15) is 15.2 Å². The van der Waals surface area contributed by atoms with Gasteiger partial charge in [-0.15, -0.1) is 0 Å². The van der Waals surface area contributed by atoms with Crippen molar-refractivity contribution in [2.75, 3.05) is 13.7 Å². The largest absolute Gasteiger partial charge is 0.435 e. The molecule has 0 spiro atoms. The van der Waals surface area contributed by atoms with Gasteiger partial charge in [-0.2, -0.15) is 0 Å². The van der Waals surface area contributed by atoms with Crippen LogP contribution in [0.2, 0.25) is 0 Å². The monoisotopic (exact) mass is 279 g/mol. The van der Waals surface area contributed by atoms with Crippen LogP contribution in [0.15, 0.2) is 10.8 Å². The van der Waals surface area contributed by atoms with Gasteiger partial charge < -0.3 is 20.0 Å². The van der Waals surface area contributed by atoms with E-state index in [-0.39, 0.29) is 19.1 Å².